The summed E-state index contributed by atoms with van der Waals surface area (Å²) in [5, 5.41) is 12.9. The van der Waals surface area contributed by atoms with Crippen molar-refractivity contribution >= 4 is 12.6 Å². The molecule has 0 saturated heterocycles. The van der Waals surface area contributed by atoms with E-state index >= 15 is 0 Å². The molecule has 0 aliphatic rings. The van der Waals surface area contributed by atoms with Crippen LogP contribution in [0.3, 0.4) is 0 Å². The Balaban J connectivity index is 3.00. The van der Waals surface area contributed by atoms with Crippen molar-refractivity contribution in [2.45, 2.75) is 13.8 Å². The molecule has 0 radical (unpaired) electrons. The Morgan fingerprint density at radius 3 is 2.55 bits per heavy atom. The Labute approximate surface area is 65.3 Å². The van der Waals surface area contributed by atoms with Gasteiger partial charge in [0.25, 0.3) is 0 Å². The summed E-state index contributed by atoms with van der Waals surface area (Å²) >= 11 is 0. The molecule has 0 bridgehead atoms. The average molecular weight is 155 g/mol. The van der Waals surface area contributed by atoms with Gasteiger partial charge >= 0.3 is 7.12 Å². The summed E-state index contributed by atoms with van der Waals surface area (Å²) in [5.74, 6) is 0.594. The number of hydrogen-bond donors (Lipinski definition) is 1. The van der Waals surface area contributed by atoms with E-state index in [1.807, 2.05) is 0 Å². The van der Waals surface area contributed by atoms with Crippen LogP contribution in [-0.2, 0) is 4.65 Å². The van der Waals surface area contributed by atoms with E-state index in [0.717, 1.165) is 0 Å². The molecule has 1 N–H and O–H groups in total. The third kappa shape index (κ3) is 1.44. The van der Waals surface area contributed by atoms with Crippen LogP contribution >= 0.6 is 0 Å². The highest BCUT2D eigenvalue weighted by atomic mass is 16.5. The van der Waals surface area contributed by atoms with Crippen LogP contribution in [0.4, 0.5) is 0 Å². The summed E-state index contributed by atoms with van der Waals surface area (Å²) in [6, 6.07) is 0. The lowest BCUT2D eigenvalue weighted by molar-refractivity contribution is 0.340. The maximum atomic E-state index is 9.26. The zero-order valence-electron chi connectivity index (χ0n) is 6.79. The molecule has 0 amide bonds. The fraction of sp³-hybridized carbons (Fsp3) is 0.500. The highest BCUT2D eigenvalue weighted by molar-refractivity contribution is 6.60. The van der Waals surface area contributed by atoms with Gasteiger partial charge < -0.3 is 14.2 Å². The van der Waals surface area contributed by atoms with Gasteiger partial charge in [0.1, 0.15) is 5.76 Å². The minimum atomic E-state index is -0.929. The van der Waals surface area contributed by atoms with E-state index in [4.69, 9.17) is 9.18 Å². The summed E-state index contributed by atoms with van der Waals surface area (Å²) in [5.41, 5.74) is 1.28. The van der Waals surface area contributed by atoms with E-state index in [9.17, 15) is 5.02 Å². The van der Waals surface area contributed by atoms with Gasteiger partial charge in [0.2, 0.25) is 0 Å². The van der Waals surface area contributed by atoms with Gasteiger partial charge in [-0.3, -0.25) is 0 Å². The van der Waals surface area contributed by atoms with Crippen LogP contribution < -0.4 is 5.46 Å². The van der Waals surface area contributed by atoms with Crippen molar-refractivity contribution in [1.29, 1.82) is 0 Å². The molecular formula is C6H10BNO3. The second-order valence-electron chi connectivity index (χ2n) is 2.33. The van der Waals surface area contributed by atoms with Crippen LogP contribution in [0.1, 0.15) is 11.5 Å². The zero-order chi connectivity index (χ0) is 8.43. The second kappa shape index (κ2) is 3.06. The number of aryl methyl sites for hydroxylation is 2. The smallest absolute Gasteiger partial charge is 0.423 e. The van der Waals surface area contributed by atoms with E-state index in [0.29, 0.717) is 16.9 Å². The van der Waals surface area contributed by atoms with Crippen molar-refractivity contribution < 1.29 is 14.2 Å². The largest absolute Gasteiger partial charge is 0.496 e. The average Bonchev–Trinajstić information content (AvgIpc) is 2.30. The van der Waals surface area contributed by atoms with E-state index in [1.165, 1.54) is 7.11 Å². The molecule has 0 aliphatic heterocycles. The first kappa shape index (κ1) is 8.29. The molecule has 1 aromatic heterocycles. The molecule has 1 heterocycles. The monoisotopic (exact) mass is 155 g/mol. The van der Waals surface area contributed by atoms with Gasteiger partial charge in [-0.15, -0.1) is 0 Å². The minimum absolute atomic E-state index is 0.594. The third-order valence-corrected chi connectivity index (χ3v) is 1.56. The van der Waals surface area contributed by atoms with Crippen molar-refractivity contribution in [2.24, 2.45) is 0 Å². The molecule has 0 aromatic carbocycles. The van der Waals surface area contributed by atoms with Crippen LogP contribution in [0.25, 0.3) is 0 Å². The Bertz CT molecular complexity index is 228. The predicted molar refractivity (Wildman–Crippen MR) is 40.6 cm³/mol. The molecule has 0 spiro atoms. The number of nitrogens with zero attached hydrogens (tertiary/aromatic N) is 1. The maximum Gasteiger partial charge on any atom is 0.496 e. The van der Waals surface area contributed by atoms with Crippen molar-refractivity contribution in [3.63, 3.8) is 0 Å². The molecular weight excluding hydrogens is 145 g/mol. The van der Waals surface area contributed by atoms with E-state index in [2.05, 4.69) is 5.16 Å². The summed E-state index contributed by atoms with van der Waals surface area (Å²) in [6.45, 7) is 3.49. The molecule has 11 heavy (non-hydrogen) atoms. The van der Waals surface area contributed by atoms with E-state index in [-0.39, 0.29) is 0 Å². The normalized spacial score (nSPS) is 10.2. The fourth-order valence-corrected chi connectivity index (χ4v) is 0.960. The standard InChI is InChI=1S/C6H10BNO3/c1-4-6(7(9)10-3)5(2)11-8-4/h9H,1-3H3. The van der Waals surface area contributed by atoms with Crippen LogP contribution in [0.15, 0.2) is 4.52 Å². The molecule has 5 heteroatoms. The first-order valence-corrected chi connectivity index (χ1v) is 3.30. The van der Waals surface area contributed by atoms with Crippen LogP contribution in [-0.4, -0.2) is 24.4 Å². The highest BCUT2D eigenvalue weighted by Crippen LogP contribution is 1.98. The van der Waals surface area contributed by atoms with Gasteiger partial charge in [-0.2, -0.15) is 0 Å². The van der Waals surface area contributed by atoms with Crippen molar-refractivity contribution in [2.75, 3.05) is 7.11 Å². The lowest BCUT2D eigenvalue weighted by Crippen LogP contribution is -2.34. The van der Waals surface area contributed by atoms with Gasteiger partial charge in [0, 0.05) is 12.6 Å². The van der Waals surface area contributed by atoms with Gasteiger partial charge in [-0.1, -0.05) is 5.16 Å². The fourth-order valence-electron chi connectivity index (χ4n) is 0.960. The van der Waals surface area contributed by atoms with Crippen molar-refractivity contribution in [3.05, 3.63) is 11.5 Å². The minimum Gasteiger partial charge on any atom is -0.423 e. The van der Waals surface area contributed by atoms with Crippen molar-refractivity contribution in [3.8, 4) is 0 Å². The van der Waals surface area contributed by atoms with Crippen LogP contribution in [0, 0.1) is 13.8 Å². The molecule has 0 atom stereocenters. The summed E-state index contributed by atoms with van der Waals surface area (Å²) in [4.78, 5) is 0. The lowest BCUT2D eigenvalue weighted by atomic mass is 9.78. The van der Waals surface area contributed by atoms with Gasteiger partial charge in [-0.25, -0.2) is 0 Å². The number of hydrogen-bond acceptors (Lipinski definition) is 4. The van der Waals surface area contributed by atoms with Crippen LogP contribution in [0.2, 0.25) is 0 Å². The summed E-state index contributed by atoms with van der Waals surface area (Å²) in [7, 11) is 0.498. The first-order valence-electron chi connectivity index (χ1n) is 3.30. The highest BCUT2D eigenvalue weighted by Gasteiger charge is 2.23. The Morgan fingerprint density at radius 2 is 2.18 bits per heavy atom. The molecule has 0 saturated carbocycles. The molecule has 1 aromatic rings. The van der Waals surface area contributed by atoms with E-state index in [1.54, 1.807) is 13.8 Å². The molecule has 4 nitrogen and oxygen atoms in total. The van der Waals surface area contributed by atoms with Gasteiger partial charge in [0.15, 0.2) is 0 Å². The first-order chi connectivity index (χ1) is 5.16. The van der Waals surface area contributed by atoms with E-state index < -0.39 is 7.12 Å². The number of rotatable bonds is 2. The zero-order valence-corrected chi connectivity index (χ0v) is 6.79. The maximum absolute atomic E-state index is 9.26. The van der Waals surface area contributed by atoms with Crippen molar-refractivity contribution in [1.82, 2.24) is 5.16 Å². The molecule has 60 valence electrons. The molecule has 0 aliphatic carbocycles. The topological polar surface area (TPSA) is 55.5 Å². The number of aromatic nitrogens is 1. The van der Waals surface area contributed by atoms with Crippen LogP contribution in [0.5, 0.6) is 0 Å². The summed E-state index contributed by atoms with van der Waals surface area (Å²) in [6.07, 6.45) is 0. The van der Waals surface area contributed by atoms with Gasteiger partial charge in [0.05, 0.1) is 5.69 Å². The summed E-state index contributed by atoms with van der Waals surface area (Å²) < 4.78 is 9.54. The Hall–Kier alpha value is -0.805. The quantitative estimate of drug-likeness (QED) is 0.591. The molecule has 0 fully saturated rings. The third-order valence-electron chi connectivity index (χ3n) is 1.56. The SMILES string of the molecule is COB(O)c1c(C)noc1C. The molecule has 0 unspecified atom stereocenters. The lowest BCUT2D eigenvalue weighted by Gasteiger charge is -2.00. The Morgan fingerprint density at radius 1 is 1.55 bits per heavy atom. The predicted octanol–water partition coefficient (Wildman–Crippen LogP) is -0.375. The van der Waals surface area contributed by atoms with Gasteiger partial charge in [-0.05, 0) is 13.8 Å². The molecule has 1 rings (SSSR count). The Kier molecular flexibility index (Phi) is 2.31. The second-order valence-corrected chi connectivity index (χ2v) is 2.33.